The van der Waals surface area contributed by atoms with Crippen molar-refractivity contribution in [1.29, 1.82) is 0 Å². The molecule has 1 aliphatic carbocycles. The molecule has 0 aliphatic heterocycles. The van der Waals surface area contributed by atoms with Gasteiger partial charge >= 0.3 is 0 Å². The van der Waals surface area contributed by atoms with Gasteiger partial charge in [-0.05, 0) is 79.6 Å². The average molecular weight is 553 g/mol. The molecular formula is C38H34P2. The Morgan fingerprint density at radius 2 is 0.850 bits per heavy atom. The minimum Gasteiger partial charge on any atom is -0.0826 e. The van der Waals surface area contributed by atoms with E-state index in [4.69, 9.17) is 0 Å². The lowest BCUT2D eigenvalue weighted by atomic mass is 9.89. The molecule has 0 nitrogen and oxygen atoms in total. The third-order valence-corrected chi connectivity index (χ3v) is 14.5. The van der Waals surface area contributed by atoms with Crippen LogP contribution in [0.2, 0.25) is 0 Å². The van der Waals surface area contributed by atoms with Gasteiger partial charge < -0.3 is 0 Å². The highest BCUT2D eigenvalue weighted by molar-refractivity contribution is 7.91. The third-order valence-electron chi connectivity index (χ3n) is 7.78. The molecule has 0 fully saturated rings. The monoisotopic (exact) mass is 552 g/mol. The first-order valence-corrected chi connectivity index (χ1v) is 16.6. The van der Waals surface area contributed by atoms with Crippen LogP contribution >= 0.6 is 15.8 Å². The zero-order valence-corrected chi connectivity index (χ0v) is 24.9. The molecule has 5 aromatic rings. The topological polar surface area (TPSA) is 0 Å². The largest absolute Gasteiger partial charge is 0.0826 e. The fraction of sp³-hybridized carbons (Fsp3) is 0.105. The summed E-state index contributed by atoms with van der Waals surface area (Å²) in [5.74, 6) is 0. The highest BCUT2D eigenvalue weighted by Gasteiger charge is 2.51. The van der Waals surface area contributed by atoms with Crippen molar-refractivity contribution in [3.05, 3.63) is 174 Å². The van der Waals surface area contributed by atoms with Gasteiger partial charge in [0.25, 0.3) is 0 Å². The number of hydrogen-bond acceptors (Lipinski definition) is 0. The molecule has 0 bridgehead atoms. The van der Waals surface area contributed by atoms with E-state index >= 15 is 0 Å². The molecule has 0 amide bonds. The van der Waals surface area contributed by atoms with Crippen LogP contribution < -0.4 is 21.2 Å². The molecule has 5 aromatic carbocycles. The van der Waals surface area contributed by atoms with E-state index in [1.54, 1.807) is 0 Å². The summed E-state index contributed by atoms with van der Waals surface area (Å²) in [6.45, 7) is 4.61. The molecule has 1 aliphatic rings. The van der Waals surface area contributed by atoms with Crippen molar-refractivity contribution in [2.45, 2.75) is 25.2 Å². The predicted molar refractivity (Wildman–Crippen MR) is 178 cm³/mol. The van der Waals surface area contributed by atoms with Crippen molar-refractivity contribution < 1.29 is 0 Å². The van der Waals surface area contributed by atoms with Crippen LogP contribution in [-0.4, -0.2) is 4.90 Å². The summed E-state index contributed by atoms with van der Waals surface area (Å²) >= 11 is 0. The molecular weight excluding hydrogens is 518 g/mol. The number of hydrogen-bond donors (Lipinski definition) is 0. The maximum Gasteiger partial charge on any atom is 0.0557 e. The lowest BCUT2D eigenvalue weighted by Crippen LogP contribution is -2.41. The predicted octanol–water partition coefficient (Wildman–Crippen LogP) is 8.69. The molecule has 2 heteroatoms. The Kier molecular flexibility index (Phi) is 7.93. The molecule has 0 saturated carbocycles. The summed E-state index contributed by atoms with van der Waals surface area (Å²) in [6.07, 6.45) is 5.81. The van der Waals surface area contributed by atoms with Crippen LogP contribution in [0.5, 0.6) is 0 Å². The quantitative estimate of drug-likeness (QED) is 0.177. The van der Waals surface area contributed by atoms with Crippen LogP contribution in [0.15, 0.2) is 163 Å². The highest BCUT2D eigenvalue weighted by Crippen LogP contribution is 2.73. The molecule has 0 aromatic heterocycles. The van der Waals surface area contributed by atoms with E-state index in [9.17, 15) is 0 Å². The third kappa shape index (κ3) is 4.92. The smallest absolute Gasteiger partial charge is 0.0557 e. The van der Waals surface area contributed by atoms with Crippen molar-refractivity contribution in [3.63, 3.8) is 0 Å². The second-order valence-corrected chi connectivity index (χ2v) is 15.6. The van der Waals surface area contributed by atoms with Gasteiger partial charge in [0.15, 0.2) is 0 Å². The highest BCUT2D eigenvalue weighted by atomic mass is 31.2. The summed E-state index contributed by atoms with van der Waals surface area (Å²) in [4.78, 5) is -0.166. The van der Waals surface area contributed by atoms with Crippen molar-refractivity contribution in [2.24, 2.45) is 0 Å². The van der Waals surface area contributed by atoms with Gasteiger partial charge in [-0.2, -0.15) is 0 Å². The van der Waals surface area contributed by atoms with Crippen LogP contribution in [0.3, 0.4) is 0 Å². The summed E-state index contributed by atoms with van der Waals surface area (Å²) < 4.78 is 0. The lowest BCUT2D eigenvalue weighted by molar-refractivity contribution is 0.972. The SMILES string of the molecule is CC1=C(c2ccccc2C)C(P(c2ccccc2)c2ccccc2)(P(c2ccccc2)c2ccccc2)CC=C1. The molecule has 0 saturated heterocycles. The molecule has 0 atom stereocenters. The van der Waals surface area contributed by atoms with E-state index in [1.165, 1.54) is 43.5 Å². The van der Waals surface area contributed by atoms with E-state index in [0.29, 0.717) is 0 Å². The number of allylic oxidation sites excluding steroid dienone is 4. The van der Waals surface area contributed by atoms with Crippen LogP contribution in [0.4, 0.5) is 0 Å². The Morgan fingerprint density at radius 3 is 1.25 bits per heavy atom. The summed E-state index contributed by atoms with van der Waals surface area (Å²) in [6, 6.07) is 54.3. The zero-order valence-electron chi connectivity index (χ0n) is 23.1. The van der Waals surface area contributed by atoms with Gasteiger partial charge in [-0.25, -0.2) is 0 Å². The van der Waals surface area contributed by atoms with E-state index < -0.39 is 15.8 Å². The molecule has 0 radical (unpaired) electrons. The minimum absolute atomic E-state index is 0.166. The normalized spacial score (nSPS) is 14.6. The Bertz CT molecular complexity index is 1460. The fourth-order valence-electron chi connectivity index (χ4n) is 6.15. The Balaban J connectivity index is 1.78. The van der Waals surface area contributed by atoms with Gasteiger partial charge in [0, 0.05) is 0 Å². The van der Waals surface area contributed by atoms with Crippen molar-refractivity contribution in [3.8, 4) is 0 Å². The first-order chi connectivity index (χ1) is 19.7. The molecule has 0 spiro atoms. The number of benzene rings is 5. The van der Waals surface area contributed by atoms with Crippen LogP contribution in [0.1, 0.15) is 24.5 Å². The Morgan fingerprint density at radius 1 is 0.475 bits per heavy atom. The van der Waals surface area contributed by atoms with Crippen molar-refractivity contribution in [2.75, 3.05) is 0 Å². The molecule has 40 heavy (non-hydrogen) atoms. The van der Waals surface area contributed by atoms with E-state index in [0.717, 1.165) is 6.42 Å². The molecule has 196 valence electrons. The van der Waals surface area contributed by atoms with Crippen LogP contribution in [0, 0.1) is 6.92 Å². The Labute approximate surface area is 241 Å². The van der Waals surface area contributed by atoms with Gasteiger partial charge in [0.1, 0.15) is 0 Å². The number of rotatable bonds is 7. The zero-order chi connectivity index (χ0) is 27.4. The molecule has 0 N–H and O–H groups in total. The standard InChI is InChI=1S/C38H34P2/c1-30-18-15-16-28-36(30)37-31(2)19-17-29-38(37,39(32-20-7-3-8-21-32)33-22-9-4-10-23-33)40(34-24-11-5-12-25-34)35-26-13-6-14-27-35/h3-28H,29H2,1-2H3. The maximum absolute atomic E-state index is 2.46. The van der Waals surface area contributed by atoms with Gasteiger partial charge in [0.2, 0.25) is 0 Å². The summed E-state index contributed by atoms with van der Waals surface area (Å²) in [5, 5.41) is 5.71. The van der Waals surface area contributed by atoms with Gasteiger partial charge in [0.05, 0.1) is 4.90 Å². The maximum atomic E-state index is 2.46. The second kappa shape index (κ2) is 11.9. The molecule has 0 heterocycles. The summed E-state index contributed by atoms with van der Waals surface area (Å²) in [7, 11) is -1.64. The van der Waals surface area contributed by atoms with Gasteiger partial charge in [-0.15, -0.1) is 0 Å². The van der Waals surface area contributed by atoms with Gasteiger partial charge in [-0.1, -0.05) is 158 Å². The first-order valence-electron chi connectivity index (χ1n) is 13.9. The van der Waals surface area contributed by atoms with Crippen LogP contribution in [-0.2, 0) is 0 Å². The van der Waals surface area contributed by atoms with Gasteiger partial charge in [-0.3, -0.25) is 0 Å². The van der Waals surface area contributed by atoms with E-state index in [-0.39, 0.29) is 4.90 Å². The van der Waals surface area contributed by atoms with E-state index in [2.05, 4.69) is 172 Å². The van der Waals surface area contributed by atoms with Crippen molar-refractivity contribution >= 4 is 42.6 Å². The summed E-state index contributed by atoms with van der Waals surface area (Å²) in [5.41, 5.74) is 5.59. The lowest BCUT2D eigenvalue weighted by Gasteiger charge is -2.51. The van der Waals surface area contributed by atoms with E-state index in [1.807, 2.05) is 0 Å². The fourth-order valence-corrected chi connectivity index (χ4v) is 14.1. The number of aryl methyl sites for hydroxylation is 1. The average Bonchev–Trinajstić information content (AvgIpc) is 3.00. The molecule has 0 unspecified atom stereocenters. The first kappa shape index (κ1) is 26.7. The Hall–Kier alpha value is -3.56. The van der Waals surface area contributed by atoms with Crippen LogP contribution in [0.25, 0.3) is 5.57 Å². The minimum atomic E-state index is -0.822. The van der Waals surface area contributed by atoms with Crippen molar-refractivity contribution in [1.82, 2.24) is 0 Å². The molecule has 6 rings (SSSR count). The second-order valence-electron chi connectivity index (χ2n) is 10.3.